The van der Waals surface area contributed by atoms with E-state index >= 15 is 0 Å². The lowest BCUT2D eigenvalue weighted by Crippen LogP contribution is -2.34. The predicted octanol–water partition coefficient (Wildman–Crippen LogP) is 2.19. The Kier molecular flexibility index (Phi) is 6.21. The highest BCUT2D eigenvalue weighted by Gasteiger charge is 2.21. The molecule has 116 valence electrons. The van der Waals surface area contributed by atoms with Crippen LogP contribution in [0, 0.1) is 11.8 Å². The van der Waals surface area contributed by atoms with Gasteiger partial charge < -0.3 is 15.7 Å². The number of piperidine rings is 1. The van der Waals surface area contributed by atoms with E-state index in [4.69, 9.17) is 5.11 Å². The first-order valence-corrected chi connectivity index (χ1v) is 7.89. The Morgan fingerprint density at radius 2 is 2.19 bits per heavy atom. The van der Waals surface area contributed by atoms with Gasteiger partial charge in [-0.2, -0.15) is 0 Å². The molecule has 1 aliphatic heterocycles. The number of hydrogen-bond acceptors (Lipinski definition) is 3. The van der Waals surface area contributed by atoms with Crippen molar-refractivity contribution in [1.82, 2.24) is 5.32 Å². The summed E-state index contributed by atoms with van der Waals surface area (Å²) in [6, 6.07) is 7.69. The van der Waals surface area contributed by atoms with E-state index in [1.54, 1.807) is 0 Å². The van der Waals surface area contributed by atoms with Crippen LogP contribution in [-0.2, 0) is 11.2 Å². The summed E-state index contributed by atoms with van der Waals surface area (Å²) in [6.07, 6.45) is 3.66. The monoisotopic (exact) mass is 290 g/mol. The average molecular weight is 290 g/mol. The van der Waals surface area contributed by atoms with Crippen molar-refractivity contribution in [3.63, 3.8) is 0 Å². The maximum absolute atomic E-state index is 12.1. The average Bonchev–Trinajstić information content (AvgIpc) is 2.50. The van der Waals surface area contributed by atoms with E-state index in [0.717, 1.165) is 24.3 Å². The number of nitrogens with one attached hydrogen (secondary N) is 2. The molecule has 2 atom stereocenters. The van der Waals surface area contributed by atoms with Crippen LogP contribution in [0.1, 0.15) is 31.7 Å². The molecule has 0 spiro atoms. The minimum atomic E-state index is 0.0861. The van der Waals surface area contributed by atoms with Crippen LogP contribution in [-0.4, -0.2) is 30.7 Å². The minimum Gasteiger partial charge on any atom is -0.396 e. The van der Waals surface area contributed by atoms with Crippen molar-refractivity contribution >= 4 is 11.6 Å². The van der Waals surface area contributed by atoms with Crippen LogP contribution in [0.5, 0.6) is 0 Å². The van der Waals surface area contributed by atoms with E-state index in [1.165, 1.54) is 12.8 Å². The third kappa shape index (κ3) is 5.14. The summed E-state index contributed by atoms with van der Waals surface area (Å²) in [5, 5.41) is 15.2. The molecule has 1 heterocycles. The summed E-state index contributed by atoms with van der Waals surface area (Å²) in [5.41, 5.74) is 1.91. The van der Waals surface area contributed by atoms with Crippen molar-refractivity contribution in [1.29, 1.82) is 0 Å². The fourth-order valence-electron chi connectivity index (χ4n) is 2.92. The first-order chi connectivity index (χ1) is 10.2. The smallest absolute Gasteiger partial charge is 0.224 e. The maximum atomic E-state index is 12.1. The predicted molar refractivity (Wildman–Crippen MR) is 85.2 cm³/mol. The van der Waals surface area contributed by atoms with Gasteiger partial charge in [-0.3, -0.25) is 4.79 Å². The van der Waals surface area contributed by atoms with Crippen LogP contribution >= 0.6 is 0 Å². The van der Waals surface area contributed by atoms with Crippen molar-refractivity contribution in [2.24, 2.45) is 11.8 Å². The molecule has 1 aromatic rings. The van der Waals surface area contributed by atoms with E-state index in [9.17, 15) is 4.79 Å². The van der Waals surface area contributed by atoms with Crippen molar-refractivity contribution in [2.45, 2.75) is 32.6 Å². The van der Waals surface area contributed by atoms with Crippen LogP contribution in [0.3, 0.4) is 0 Å². The number of carbonyl (C=O) groups is 1. The second kappa shape index (κ2) is 8.15. The van der Waals surface area contributed by atoms with Crippen molar-refractivity contribution in [2.75, 3.05) is 25.0 Å². The first-order valence-electron chi connectivity index (χ1n) is 7.89. The topological polar surface area (TPSA) is 61.4 Å². The van der Waals surface area contributed by atoms with E-state index < -0.39 is 0 Å². The molecule has 1 saturated heterocycles. The Balaban J connectivity index is 1.80. The van der Waals surface area contributed by atoms with Gasteiger partial charge in [-0.15, -0.1) is 0 Å². The largest absolute Gasteiger partial charge is 0.396 e. The molecule has 1 fully saturated rings. The van der Waals surface area contributed by atoms with Crippen LogP contribution in [0.25, 0.3) is 0 Å². The van der Waals surface area contributed by atoms with Gasteiger partial charge in [-0.05, 0) is 61.9 Å². The molecule has 2 rings (SSSR count). The Morgan fingerprint density at radius 3 is 2.81 bits per heavy atom. The van der Waals surface area contributed by atoms with Crippen LogP contribution in [0.2, 0.25) is 0 Å². The molecule has 3 N–H and O–H groups in total. The van der Waals surface area contributed by atoms with Gasteiger partial charge in [0, 0.05) is 18.7 Å². The molecule has 1 aliphatic rings. The highest BCUT2D eigenvalue weighted by atomic mass is 16.2. The summed E-state index contributed by atoms with van der Waals surface area (Å²) in [6.45, 7) is 4.46. The number of aliphatic hydroxyl groups excluding tert-OH is 1. The SMILES string of the molecule is CC(CC(=O)Nc1ccc(CCO)cc1)C1CCCNC1. The van der Waals surface area contributed by atoms with Crippen molar-refractivity contribution in [3.05, 3.63) is 29.8 Å². The van der Waals surface area contributed by atoms with Gasteiger partial charge in [0.05, 0.1) is 0 Å². The van der Waals surface area contributed by atoms with Gasteiger partial charge in [0.2, 0.25) is 5.91 Å². The zero-order valence-electron chi connectivity index (χ0n) is 12.8. The summed E-state index contributed by atoms with van der Waals surface area (Å²) in [5.74, 6) is 1.10. The van der Waals surface area contributed by atoms with E-state index in [2.05, 4.69) is 17.6 Å². The molecule has 0 aliphatic carbocycles. The summed E-state index contributed by atoms with van der Waals surface area (Å²) >= 11 is 0. The highest BCUT2D eigenvalue weighted by molar-refractivity contribution is 5.90. The van der Waals surface area contributed by atoms with E-state index in [1.807, 2.05) is 24.3 Å². The van der Waals surface area contributed by atoms with Gasteiger partial charge >= 0.3 is 0 Å². The third-order valence-corrected chi connectivity index (χ3v) is 4.29. The Bertz CT molecular complexity index is 439. The van der Waals surface area contributed by atoms with Gasteiger partial charge in [0.25, 0.3) is 0 Å². The number of benzene rings is 1. The zero-order chi connectivity index (χ0) is 15.1. The molecule has 1 aromatic carbocycles. The molecule has 4 heteroatoms. The number of hydrogen-bond donors (Lipinski definition) is 3. The van der Waals surface area contributed by atoms with Crippen LogP contribution < -0.4 is 10.6 Å². The molecule has 1 amide bonds. The fraction of sp³-hybridized carbons (Fsp3) is 0.588. The summed E-state index contributed by atoms with van der Waals surface area (Å²) in [7, 11) is 0. The van der Waals surface area contributed by atoms with Crippen LogP contribution in [0.15, 0.2) is 24.3 Å². The lowest BCUT2D eigenvalue weighted by atomic mass is 9.85. The molecular weight excluding hydrogens is 264 g/mol. The van der Waals surface area contributed by atoms with Gasteiger partial charge in [-0.1, -0.05) is 19.1 Å². The summed E-state index contributed by atoms with van der Waals surface area (Å²) in [4.78, 5) is 12.1. The first kappa shape index (κ1) is 16.0. The Hall–Kier alpha value is -1.39. The maximum Gasteiger partial charge on any atom is 0.224 e. The second-order valence-electron chi connectivity index (χ2n) is 6.01. The minimum absolute atomic E-state index is 0.0861. The fourth-order valence-corrected chi connectivity index (χ4v) is 2.92. The molecule has 0 aromatic heterocycles. The molecule has 0 saturated carbocycles. The van der Waals surface area contributed by atoms with E-state index in [-0.39, 0.29) is 12.5 Å². The lowest BCUT2D eigenvalue weighted by molar-refractivity contribution is -0.117. The van der Waals surface area contributed by atoms with Crippen molar-refractivity contribution in [3.8, 4) is 0 Å². The quantitative estimate of drug-likeness (QED) is 0.752. The zero-order valence-corrected chi connectivity index (χ0v) is 12.8. The molecule has 0 bridgehead atoms. The van der Waals surface area contributed by atoms with Crippen LogP contribution in [0.4, 0.5) is 5.69 Å². The standard InChI is InChI=1S/C17H26N2O2/c1-13(15-3-2-9-18-12-15)11-17(21)19-16-6-4-14(5-7-16)8-10-20/h4-7,13,15,18,20H,2-3,8-12H2,1H3,(H,19,21). The Morgan fingerprint density at radius 1 is 1.43 bits per heavy atom. The molecule has 2 unspecified atom stereocenters. The van der Waals surface area contributed by atoms with Gasteiger partial charge in [0.15, 0.2) is 0 Å². The number of anilines is 1. The molecule has 4 nitrogen and oxygen atoms in total. The lowest BCUT2D eigenvalue weighted by Gasteiger charge is -2.28. The number of amides is 1. The Labute approximate surface area is 126 Å². The molecule has 21 heavy (non-hydrogen) atoms. The third-order valence-electron chi connectivity index (χ3n) is 4.29. The van der Waals surface area contributed by atoms with E-state index in [0.29, 0.717) is 24.7 Å². The molecular formula is C17H26N2O2. The number of aliphatic hydroxyl groups is 1. The summed E-state index contributed by atoms with van der Waals surface area (Å²) < 4.78 is 0. The number of rotatable bonds is 6. The number of carbonyl (C=O) groups excluding carboxylic acids is 1. The van der Waals surface area contributed by atoms with Crippen molar-refractivity contribution < 1.29 is 9.90 Å². The van der Waals surface area contributed by atoms with Gasteiger partial charge in [0.1, 0.15) is 0 Å². The normalized spacial score (nSPS) is 20.0. The highest BCUT2D eigenvalue weighted by Crippen LogP contribution is 2.23. The molecule has 0 radical (unpaired) electrons. The van der Waals surface area contributed by atoms with Gasteiger partial charge in [-0.25, -0.2) is 0 Å². The second-order valence-corrected chi connectivity index (χ2v) is 6.01.